The molecule has 1 aromatic rings. The summed E-state index contributed by atoms with van der Waals surface area (Å²) in [6.45, 7) is 11.2. The van der Waals surface area contributed by atoms with Crippen LogP contribution in [0.5, 0.6) is 0 Å². The number of hydrogen-bond acceptors (Lipinski definition) is 4. The van der Waals surface area contributed by atoms with Crippen LogP contribution in [0.4, 0.5) is 10.6 Å². The van der Waals surface area contributed by atoms with Gasteiger partial charge in [-0.2, -0.15) is 5.10 Å². The van der Waals surface area contributed by atoms with E-state index in [1.54, 1.807) is 6.20 Å². The standard InChI is InChI=1S/C18H31N5O2/c1-18(2,3)23-16(4-8-19-23)21-17(24)20-15-5-9-22(10-6-15)12-14-7-11-25-13-14/h4,8,14-15H,5-7,9-13H2,1-3H3,(H2,20,21,24). The van der Waals surface area contributed by atoms with Crippen LogP contribution < -0.4 is 10.6 Å². The Labute approximate surface area is 150 Å². The number of nitrogens with one attached hydrogen (secondary N) is 2. The smallest absolute Gasteiger partial charge is 0.320 e. The molecule has 2 aliphatic heterocycles. The first kappa shape index (κ1) is 18.2. The van der Waals surface area contributed by atoms with E-state index in [4.69, 9.17) is 4.74 Å². The molecule has 0 aromatic carbocycles. The number of nitrogens with zero attached hydrogens (tertiary/aromatic N) is 3. The quantitative estimate of drug-likeness (QED) is 0.875. The summed E-state index contributed by atoms with van der Waals surface area (Å²) in [6.07, 6.45) is 4.90. The number of carbonyl (C=O) groups is 1. The minimum Gasteiger partial charge on any atom is -0.381 e. The highest BCUT2D eigenvalue weighted by Gasteiger charge is 2.25. The van der Waals surface area contributed by atoms with Crippen molar-refractivity contribution in [1.82, 2.24) is 20.0 Å². The van der Waals surface area contributed by atoms with Gasteiger partial charge in [-0.1, -0.05) is 0 Å². The van der Waals surface area contributed by atoms with E-state index in [0.29, 0.717) is 5.92 Å². The minimum absolute atomic E-state index is 0.145. The zero-order valence-electron chi connectivity index (χ0n) is 15.6. The van der Waals surface area contributed by atoms with Crippen LogP contribution in [0, 0.1) is 5.92 Å². The molecule has 2 amide bonds. The van der Waals surface area contributed by atoms with Crippen molar-refractivity contribution in [3.05, 3.63) is 12.3 Å². The fraction of sp³-hybridized carbons (Fsp3) is 0.778. The molecule has 0 aliphatic carbocycles. The molecule has 2 fully saturated rings. The second-order valence-electron chi connectivity index (χ2n) is 8.20. The molecule has 3 heterocycles. The van der Waals surface area contributed by atoms with E-state index in [1.807, 2.05) is 10.7 Å². The van der Waals surface area contributed by atoms with Gasteiger partial charge in [0.15, 0.2) is 0 Å². The summed E-state index contributed by atoms with van der Waals surface area (Å²) in [5.41, 5.74) is -0.165. The summed E-state index contributed by atoms with van der Waals surface area (Å²) in [6, 6.07) is 1.92. The third-order valence-corrected chi connectivity index (χ3v) is 4.98. The molecule has 7 heteroatoms. The van der Waals surface area contributed by atoms with Crippen LogP contribution in [0.2, 0.25) is 0 Å². The van der Waals surface area contributed by atoms with Crippen molar-refractivity contribution in [3.8, 4) is 0 Å². The minimum atomic E-state index is -0.165. The molecule has 1 unspecified atom stereocenters. The molecule has 2 N–H and O–H groups in total. The second kappa shape index (κ2) is 7.74. The van der Waals surface area contributed by atoms with Gasteiger partial charge in [-0.25, -0.2) is 9.48 Å². The molecule has 3 rings (SSSR count). The van der Waals surface area contributed by atoms with Crippen LogP contribution in [0.25, 0.3) is 0 Å². The fourth-order valence-electron chi connectivity index (χ4n) is 3.62. The van der Waals surface area contributed by atoms with E-state index >= 15 is 0 Å². The number of amides is 2. The van der Waals surface area contributed by atoms with Crippen LogP contribution in [-0.4, -0.2) is 59.6 Å². The second-order valence-corrected chi connectivity index (χ2v) is 8.20. The van der Waals surface area contributed by atoms with Gasteiger partial charge in [0.25, 0.3) is 0 Å². The average Bonchev–Trinajstić information content (AvgIpc) is 3.20. The summed E-state index contributed by atoms with van der Waals surface area (Å²) < 4.78 is 7.29. The fourth-order valence-corrected chi connectivity index (χ4v) is 3.62. The average molecular weight is 349 g/mol. The molecule has 0 spiro atoms. The van der Waals surface area contributed by atoms with Crippen LogP contribution in [0.1, 0.15) is 40.0 Å². The summed E-state index contributed by atoms with van der Waals surface area (Å²) in [7, 11) is 0. The molecule has 1 aromatic heterocycles. The molecular formula is C18H31N5O2. The van der Waals surface area contributed by atoms with Crippen LogP contribution in [0.15, 0.2) is 12.3 Å². The van der Waals surface area contributed by atoms with Gasteiger partial charge in [0.05, 0.1) is 18.3 Å². The molecule has 7 nitrogen and oxygen atoms in total. The third-order valence-electron chi connectivity index (χ3n) is 4.98. The summed E-state index contributed by atoms with van der Waals surface area (Å²) in [5, 5.41) is 10.3. The highest BCUT2D eigenvalue weighted by atomic mass is 16.5. The summed E-state index contributed by atoms with van der Waals surface area (Å²) >= 11 is 0. The normalized spacial score (nSPS) is 22.9. The highest BCUT2D eigenvalue weighted by molar-refractivity contribution is 5.88. The van der Waals surface area contributed by atoms with Gasteiger partial charge in [0.2, 0.25) is 0 Å². The topological polar surface area (TPSA) is 71.4 Å². The first-order chi connectivity index (χ1) is 11.9. The van der Waals surface area contributed by atoms with E-state index in [2.05, 4.69) is 41.4 Å². The van der Waals surface area contributed by atoms with Gasteiger partial charge in [-0.3, -0.25) is 5.32 Å². The lowest BCUT2D eigenvalue weighted by Crippen LogP contribution is -2.47. The largest absolute Gasteiger partial charge is 0.381 e. The Bertz CT molecular complexity index is 566. The van der Waals surface area contributed by atoms with Crippen LogP contribution >= 0.6 is 0 Å². The maximum Gasteiger partial charge on any atom is 0.320 e. The van der Waals surface area contributed by atoms with Crippen molar-refractivity contribution in [2.75, 3.05) is 38.2 Å². The number of aromatic nitrogens is 2. The summed E-state index contributed by atoms with van der Waals surface area (Å²) in [4.78, 5) is 14.8. The number of anilines is 1. The van der Waals surface area contributed by atoms with Crippen molar-refractivity contribution in [2.45, 2.75) is 51.6 Å². The number of likely N-dealkylation sites (tertiary alicyclic amines) is 1. The van der Waals surface area contributed by atoms with Gasteiger partial charge < -0.3 is 15.0 Å². The van der Waals surface area contributed by atoms with Gasteiger partial charge >= 0.3 is 6.03 Å². The Balaban J connectivity index is 1.43. The zero-order chi connectivity index (χ0) is 17.9. The Kier molecular flexibility index (Phi) is 5.64. The van der Waals surface area contributed by atoms with Gasteiger partial charge in [-0.05, 0) is 46.0 Å². The van der Waals surface area contributed by atoms with Gasteiger partial charge in [0.1, 0.15) is 5.82 Å². The van der Waals surface area contributed by atoms with Crippen molar-refractivity contribution in [3.63, 3.8) is 0 Å². The maximum absolute atomic E-state index is 12.3. The lowest BCUT2D eigenvalue weighted by molar-refractivity contribution is 0.148. The summed E-state index contributed by atoms with van der Waals surface area (Å²) in [5.74, 6) is 1.41. The van der Waals surface area contributed by atoms with Crippen molar-refractivity contribution < 1.29 is 9.53 Å². The molecule has 0 bridgehead atoms. The van der Waals surface area contributed by atoms with E-state index in [9.17, 15) is 4.79 Å². The van der Waals surface area contributed by atoms with Crippen molar-refractivity contribution in [1.29, 1.82) is 0 Å². The number of ether oxygens (including phenoxy) is 1. The predicted molar refractivity (Wildman–Crippen MR) is 97.8 cm³/mol. The lowest BCUT2D eigenvalue weighted by atomic mass is 10.0. The Hall–Kier alpha value is -1.60. The van der Waals surface area contributed by atoms with Crippen molar-refractivity contribution >= 4 is 11.8 Å². The van der Waals surface area contributed by atoms with E-state index < -0.39 is 0 Å². The van der Waals surface area contributed by atoms with Gasteiger partial charge in [-0.15, -0.1) is 0 Å². The Morgan fingerprint density at radius 3 is 2.72 bits per heavy atom. The van der Waals surface area contributed by atoms with Crippen LogP contribution in [-0.2, 0) is 10.3 Å². The Morgan fingerprint density at radius 2 is 2.08 bits per heavy atom. The van der Waals surface area contributed by atoms with E-state index in [-0.39, 0.29) is 17.6 Å². The molecule has 2 aliphatic rings. The third kappa shape index (κ3) is 4.95. The number of urea groups is 1. The number of rotatable bonds is 4. The number of hydrogen-bond donors (Lipinski definition) is 2. The van der Waals surface area contributed by atoms with Gasteiger partial charge in [0, 0.05) is 38.3 Å². The Morgan fingerprint density at radius 1 is 1.32 bits per heavy atom. The molecule has 0 radical (unpaired) electrons. The number of piperidine rings is 1. The van der Waals surface area contributed by atoms with E-state index in [1.165, 1.54) is 6.42 Å². The monoisotopic (exact) mass is 349 g/mol. The molecule has 1 atom stereocenters. The molecule has 140 valence electrons. The lowest BCUT2D eigenvalue weighted by Gasteiger charge is -2.33. The van der Waals surface area contributed by atoms with Crippen LogP contribution in [0.3, 0.4) is 0 Å². The van der Waals surface area contributed by atoms with E-state index in [0.717, 1.165) is 51.5 Å². The molecule has 0 saturated carbocycles. The molecule has 25 heavy (non-hydrogen) atoms. The number of carbonyl (C=O) groups excluding carboxylic acids is 1. The first-order valence-corrected chi connectivity index (χ1v) is 9.34. The van der Waals surface area contributed by atoms with Crippen molar-refractivity contribution in [2.24, 2.45) is 5.92 Å². The SMILES string of the molecule is CC(C)(C)n1nccc1NC(=O)NC1CCN(CC2CCOC2)CC1. The predicted octanol–water partition coefficient (Wildman–Crippen LogP) is 2.26. The highest BCUT2D eigenvalue weighted by Crippen LogP contribution is 2.20. The maximum atomic E-state index is 12.3. The molecule has 2 saturated heterocycles. The zero-order valence-corrected chi connectivity index (χ0v) is 15.6. The first-order valence-electron chi connectivity index (χ1n) is 9.34. The molecular weight excluding hydrogens is 318 g/mol.